The third-order valence-electron chi connectivity index (χ3n) is 4.90. The second-order valence-corrected chi connectivity index (χ2v) is 6.93. The van der Waals surface area contributed by atoms with E-state index in [4.69, 9.17) is 4.74 Å². The van der Waals surface area contributed by atoms with Crippen LogP contribution in [-0.2, 0) is 24.2 Å². The van der Waals surface area contributed by atoms with Gasteiger partial charge in [-0.1, -0.05) is 31.2 Å². The van der Waals surface area contributed by atoms with Crippen LogP contribution < -0.4 is 44.3 Å². The number of para-hydroxylation sites is 1. The number of aliphatic carboxylic acids is 1. The van der Waals surface area contributed by atoms with Gasteiger partial charge in [-0.2, -0.15) is 0 Å². The molecule has 0 atom stereocenters. The number of benzene rings is 2. The molecule has 28 heavy (non-hydrogen) atoms. The number of ether oxygens (including phenoxy) is 1. The van der Waals surface area contributed by atoms with Gasteiger partial charge in [-0.3, -0.25) is 0 Å². The van der Waals surface area contributed by atoms with E-state index in [1.54, 1.807) is 12.1 Å². The summed E-state index contributed by atoms with van der Waals surface area (Å²) >= 11 is 0. The predicted octanol–water partition coefficient (Wildman–Crippen LogP) is 0.254. The van der Waals surface area contributed by atoms with E-state index in [1.807, 2.05) is 0 Å². The first kappa shape index (κ1) is 22.7. The molecule has 0 fully saturated rings. The Morgan fingerprint density at radius 2 is 2.07 bits per heavy atom. The van der Waals surface area contributed by atoms with Crippen molar-refractivity contribution in [3.05, 3.63) is 58.9 Å². The Morgan fingerprint density at radius 3 is 2.79 bits per heavy atom. The van der Waals surface area contributed by atoms with Gasteiger partial charge in [0.2, 0.25) is 0 Å². The van der Waals surface area contributed by atoms with Crippen LogP contribution in [0.25, 0.3) is 0 Å². The largest absolute Gasteiger partial charge is 1.00 e. The molecular formula is C22H25FNNaO3. The smallest absolute Gasteiger partial charge is 0.550 e. The molecule has 0 saturated heterocycles. The minimum absolute atomic E-state index is 0. The average Bonchev–Trinajstić information content (AvgIpc) is 2.66. The van der Waals surface area contributed by atoms with Crippen molar-refractivity contribution in [3.8, 4) is 5.75 Å². The van der Waals surface area contributed by atoms with E-state index < -0.39 is 11.8 Å². The summed E-state index contributed by atoms with van der Waals surface area (Å²) in [5, 5.41) is 10.5. The Balaban J connectivity index is 0.00000280. The molecule has 0 bridgehead atoms. The van der Waals surface area contributed by atoms with Gasteiger partial charge in [0.05, 0.1) is 0 Å². The van der Waals surface area contributed by atoms with Gasteiger partial charge in [0.25, 0.3) is 0 Å². The van der Waals surface area contributed by atoms with Crippen LogP contribution in [0, 0.1) is 5.82 Å². The molecule has 3 rings (SSSR count). The Kier molecular flexibility index (Phi) is 8.80. The molecule has 2 aromatic rings. The summed E-state index contributed by atoms with van der Waals surface area (Å²) in [6.45, 7) is 4.63. The summed E-state index contributed by atoms with van der Waals surface area (Å²) in [6, 6.07) is 10.9. The fourth-order valence-electron chi connectivity index (χ4n) is 3.65. The van der Waals surface area contributed by atoms with Crippen molar-refractivity contribution in [2.75, 3.05) is 18.0 Å². The summed E-state index contributed by atoms with van der Waals surface area (Å²) in [7, 11) is 0. The van der Waals surface area contributed by atoms with Crippen molar-refractivity contribution in [2.45, 2.75) is 45.6 Å². The van der Waals surface area contributed by atoms with Crippen LogP contribution in [-0.4, -0.2) is 19.1 Å². The first-order chi connectivity index (χ1) is 13.1. The van der Waals surface area contributed by atoms with Gasteiger partial charge in [0.15, 0.2) is 0 Å². The molecule has 0 amide bonds. The number of nitrogens with zero attached hydrogens (tertiary/aromatic N) is 1. The van der Waals surface area contributed by atoms with Crippen LogP contribution in [0.5, 0.6) is 5.75 Å². The Morgan fingerprint density at radius 1 is 1.25 bits per heavy atom. The van der Waals surface area contributed by atoms with Gasteiger partial charge in [-0.15, -0.1) is 0 Å². The Bertz CT molecular complexity index is 812. The summed E-state index contributed by atoms with van der Waals surface area (Å²) < 4.78 is 20.0. The van der Waals surface area contributed by atoms with Gasteiger partial charge in [-0.25, -0.2) is 4.39 Å². The number of anilines is 1. The molecule has 0 spiro atoms. The third-order valence-corrected chi connectivity index (χ3v) is 4.90. The van der Waals surface area contributed by atoms with Crippen LogP contribution in [0.15, 0.2) is 36.4 Å². The second-order valence-electron chi connectivity index (χ2n) is 6.93. The fourth-order valence-corrected chi connectivity index (χ4v) is 3.65. The summed E-state index contributed by atoms with van der Waals surface area (Å²) in [4.78, 5) is 13.0. The van der Waals surface area contributed by atoms with Crippen LogP contribution in [0.3, 0.4) is 0 Å². The van der Waals surface area contributed by atoms with Gasteiger partial charge in [-0.05, 0) is 49.3 Å². The zero-order chi connectivity index (χ0) is 19.2. The molecule has 1 heterocycles. The SMILES string of the molecule is CCCN1CCCc2cccc(COc3ccc(CCC(=O)[O-])c(F)c3)c21.[Na+]. The topological polar surface area (TPSA) is 52.6 Å². The number of hydrogen-bond acceptors (Lipinski definition) is 4. The molecule has 1 aliphatic rings. The maximum Gasteiger partial charge on any atom is 1.00 e. The minimum Gasteiger partial charge on any atom is -0.550 e. The number of fused-ring (bicyclic) bond motifs is 1. The second kappa shape index (κ2) is 10.8. The number of carboxylic acid groups (broad SMARTS) is 1. The van der Waals surface area contributed by atoms with Gasteiger partial charge in [0.1, 0.15) is 18.2 Å². The van der Waals surface area contributed by atoms with Crippen molar-refractivity contribution in [2.24, 2.45) is 0 Å². The number of halogens is 1. The fraction of sp³-hybridized carbons (Fsp3) is 0.409. The van der Waals surface area contributed by atoms with E-state index in [1.165, 1.54) is 17.3 Å². The maximum absolute atomic E-state index is 14.2. The number of carboxylic acids is 1. The maximum atomic E-state index is 14.2. The summed E-state index contributed by atoms with van der Waals surface area (Å²) in [6.07, 6.45) is 3.25. The van der Waals surface area contributed by atoms with Crippen LogP contribution in [0.1, 0.15) is 42.9 Å². The molecule has 0 radical (unpaired) electrons. The van der Waals surface area contributed by atoms with Gasteiger partial charge >= 0.3 is 29.6 Å². The molecule has 144 valence electrons. The number of aryl methyl sites for hydroxylation is 2. The van der Waals surface area contributed by atoms with Crippen LogP contribution in [0.4, 0.5) is 10.1 Å². The molecule has 4 nitrogen and oxygen atoms in total. The quantitative estimate of drug-likeness (QED) is 0.604. The first-order valence-corrected chi connectivity index (χ1v) is 9.55. The average molecular weight is 393 g/mol. The number of carbonyl (C=O) groups is 1. The number of hydrogen-bond donors (Lipinski definition) is 0. The zero-order valence-electron chi connectivity index (χ0n) is 16.7. The minimum atomic E-state index is -1.18. The van der Waals surface area contributed by atoms with E-state index in [9.17, 15) is 14.3 Å². The summed E-state index contributed by atoms with van der Waals surface area (Å²) in [5.41, 5.74) is 4.08. The predicted molar refractivity (Wildman–Crippen MR) is 101 cm³/mol. The molecule has 0 N–H and O–H groups in total. The normalized spacial score (nSPS) is 12.9. The van der Waals surface area contributed by atoms with E-state index in [-0.39, 0.29) is 42.4 Å². The number of rotatable bonds is 8. The molecule has 0 saturated carbocycles. The Hall–Kier alpha value is -1.56. The third kappa shape index (κ3) is 5.72. The zero-order valence-corrected chi connectivity index (χ0v) is 18.7. The standard InChI is InChI=1S/C22H26FNO3.Na/c1-2-12-24-13-4-7-17-5-3-6-18(22(17)24)15-27-19-10-8-16(20(23)14-19)9-11-21(25)26;/h3,5-6,8,10,14H,2,4,7,9,11-13,15H2,1H3,(H,25,26);/q;+1/p-1. The monoisotopic (exact) mass is 393 g/mol. The van der Waals surface area contributed by atoms with Crippen molar-refractivity contribution in [1.82, 2.24) is 0 Å². The molecular weight excluding hydrogens is 368 g/mol. The van der Waals surface area contributed by atoms with Crippen molar-refractivity contribution >= 4 is 11.7 Å². The molecule has 0 aromatic heterocycles. The Labute approximate surface area is 188 Å². The molecule has 0 aliphatic carbocycles. The van der Waals surface area contributed by atoms with Crippen molar-refractivity contribution < 1.29 is 48.6 Å². The van der Waals surface area contributed by atoms with E-state index in [0.717, 1.165) is 37.9 Å². The van der Waals surface area contributed by atoms with Crippen LogP contribution in [0.2, 0.25) is 0 Å². The van der Waals surface area contributed by atoms with Crippen molar-refractivity contribution in [1.29, 1.82) is 0 Å². The molecule has 0 unspecified atom stereocenters. The number of carbonyl (C=O) groups excluding carboxylic acids is 1. The first-order valence-electron chi connectivity index (χ1n) is 9.55. The van der Waals surface area contributed by atoms with Gasteiger partial charge in [0, 0.05) is 36.4 Å². The molecule has 2 aromatic carbocycles. The molecule has 1 aliphatic heterocycles. The van der Waals surface area contributed by atoms with E-state index in [0.29, 0.717) is 17.9 Å². The summed E-state index contributed by atoms with van der Waals surface area (Å²) in [5.74, 6) is -1.18. The van der Waals surface area contributed by atoms with Crippen LogP contribution >= 0.6 is 0 Å². The van der Waals surface area contributed by atoms with E-state index in [2.05, 4.69) is 30.0 Å². The van der Waals surface area contributed by atoms with Crippen molar-refractivity contribution in [3.63, 3.8) is 0 Å². The van der Waals surface area contributed by atoms with E-state index >= 15 is 0 Å². The van der Waals surface area contributed by atoms with Gasteiger partial charge < -0.3 is 19.5 Å². The molecule has 6 heteroatoms.